The zero-order chi connectivity index (χ0) is 22.9. The Labute approximate surface area is 182 Å². The van der Waals surface area contributed by atoms with Gasteiger partial charge in [-0.25, -0.2) is 26.9 Å². The van der Waals surface area contributed by atoms with Gasteiger partial charge < -0.3 is 4.57 Å². The largest absolute Gasteiger partial charge is 0.304 e. The van der Waals surface area contributed by atoms with Crippen molar-refractivity contribution in [1.29, 1.82) is 0 Å². The Morgan fingerprint density at radius 3 is 2.69 bits per heavy atom. The Kier molecular flexibility index (Phi) is 5.70. The van der Waals surface area contributed by atoms with Gasteiger partial charge in [0.15, 0.2) is 11.6 Å². The fraction of sp³-hybridized carbons (Fsp3) is 0.200. The van der Waals surface area contributed by atoms with Gasteiger partial charge in [0, 0.05) is 18.0 Å². The van der Waals surface area contributed by atoms with Gasteiger partial charge >= 0.3 is 0 Å². The molecule has 166 valence electrons. The van der Waals surface area contributed by atoms with E-state index in [4.69, 9.17) is 0 Å². The molecule has 0 saturated carbocycles. The van der Waals surface area contributed by atoms with E-state index in [0.717, 1.165) is 28.2 Å². The molecule has 0 spiro atoms. The predicted molar refractivity (Wildman–Crippen MR) is 114 cm³/mol. The molecule has 1 aromatic carbocycles. The highest BCUT2D eigenvalue weighted by molar-refractivity contribution is 7.92. The summed E-state index contributed by atoms with van der Waals surface area (Å²) in [6.07, 6.45) is 8.34. The van der Waals surface area contributed by atoms with Crippen LogP contribution in [0.25, 0.3) is 22.6 Å². The lowest BCUT2D eigenvalue weighted by molar-refractivity contribution is 0.558. The molecule has 0 radical (unpaired) electrons. The molecule has 0 aliphatic carbocycles. The highest BCUT2D eigenvalue weighted by Gasteiger charge is 2.20. The van der Waals surface area contributed by atoms with Crippen molar-refractivity contribution in [2.75, 3.05) is 10.5 Å². The van der Waals surface area contributed by atoms with Crippen LogP contribution in [0, 0.1) is 18.6 Å². The smallest absolute Gasteiger partial charge is 0.232 e. The van der Waals surface area contributed by atoms with Gasteiger partial charge in [-0.15, -0.1) is 5.10 Å². The summed E-state index contributed by atoms with van der Waals surface area (Å²) in [5, 5.41) is 7.82. The van der Waals surface area contributed by atoms with Gasteiger partial charge in [-0.3, -0.25) is 9.71 Å². The second-order valence-electron chi connectivity index (χ2n) is 7.08. The molecular weight excluding hydrogens is 440 g/mol. The number of hydrogen-bond donors (Lipinski definition) is 1. The number of nitrogens with one attached hydrogen (secondary N) is 1. The lowest BCUT2D eigenvalue weighted by Crippen LogP contribution is -2.18. The van der Waals surface area contributed by atoms with Crippen LogP contribution in [0.2, 0.25) is 0 Å². The monoisotopic (exact) mass is 459 g/mol. The molecule has 0 atom stereocenters. The number of sulfonamides is 1. The topological polar surface area (TPSA) is 108 Å². The van der Waals surface area contributed by atoms with Crippen molar-refractivity contribution in [2.24, 2.45) is 0 Å². The van der Waals surface area contributed by atoms with Gasteiger partial charge in [-0.2, -0.15) is 0 Å². The molecule has 3 heterocycles. The molecule has 9 nitrogen and oxygen atoms in total. The van der Waals surface area contributed by atoms with Crippen molar-refractivity contribution in [3.63, 3.8) is 0 Å². The Morgan fingerprint density at radius 2 is 1.97 bits per heavy atom. The van der Waals surface area contributed by atoms with Crippen LogP contribution in [-0.4, -0.2) is 43.7 Å². The Bertz CT molecular complexity index is 1380. The van der Waals surface area contributed by atoms with E-state index in [2.05, 4.69) is 25.0 Å². The van der Waals surface area contributed by atoms with Crippen LogP contribution in [0.15, 0.2) is 49.3 Å². The molecule has 0 saturated heterocycles. The van der Waals surface area contributed by atoms with E-state index in [1.54, 1.807) is 36.3 Å². The van der Waals surface area contributed by atoms with Crippen LogP contribution < -0.4 is 4.72 Å². The van der Waals surface area contributed by atoms with Crippen LogP contribution in [0.4, 0.5) is 14.5 Å². The van der Waals surface area contributed by atoms with Crippen molar-refractivity contribution in [1.82, 2.24) is 29.5 Å². The first kappa shape index (κ1) is 21.6. The number of rotatable bonds is 7. The molecule has 0 amide bonds. The molecule has 0 unspecified atom stereocenters. The quantitative estimate of drug-likeness (QED) is 0.455. The maximum absolute atomic E-state index is 15.0. The number of nitrogens with zero attached hydrogens (tertiary/aromatic N) is 6. The van der Waals surface area contributed by atoms with E-state index in [-0.39, 0.29) is 11.4 Å². The standard InChI is InChI=1S/C20H19F2N7O2S/c1-3-6-32(30,31)26-17-5-4-16(21)20(19(17)22)29-11-18(25-27-29)14-7-15(9-23-8-14)28-10-13(2)24-12-28/h4-5,7-12,26H,3,6H2,1-2H3. The molecule has 32 heavy (non-hydrogen) atoms. The van der Waals surface area contributed by atoms with Crippen molar-refractivity contribution >= 4 is 15.7 Å². The van der Waals surface area contributed by atoms with Gasteiger partial charge in [-0.05, 0) is 31.5 Å². The summed E-state index contributed by atoms with van der Waals surface area (Å²) < 4.78 is 58.3. The maximum atomic E-state index is 15.0. The van der Waals surface area contributed by atoms with E-state index in [1.807, 2.05) is 13.1 Å². The van der Waals surface area contributed by atoms with Gasteiger partial charge in [0.1, 0.15) is 11.4 Å². The summed E-state index contributed by atoms with van der Waals surface area (Å²) >= 11 is 0. The number of pyridine rings is 1. The second-order valence-corrected chi connectivity index (χ2v) is 8.92. The van der Waals surface area contributed by atoms with Crippen molar-refractivity contribution < 1.29 is 17.2 Å². The van der Waals surface area contributed by atoms with E-state index < -0.39 is 27.3 Å². The van der Waals surface area contributed by atoms with E-state index >= 15 is 4.39 Å². The van der Waals surface area contributed by atoms with Gasteiger partial charge in [-0.1, -0.05) is 12.1 Å². The minimum atomic E-state index is -3.76. The van der Waals surface area contributed by atoms with Crippen molar-refractivity contribution in [2.45, 2.75) is 20.3 Å². The first-order chi connectivity index (χ1) is 15.3. The third-order valence-corrected chi connectivity index (χ3v) is 6.03. The third kappa shape index (κ3) is 4.35. The highest BCUT2D eigenvalue weighted by atomic mass is 32.2. The molecular formula is C20H19F2N7O2S. The first-order valence-electron chi connectivity index (χ1n) is 9.65. The van der Waals surface area contributed by atoms with Crippen LogP contribution in [0.3, 0.4) is 0 Å². The number of aryl methyl sites for hydroxylation is 1. The zero-order valence-corrected chi connectivity index (χ0v) is 18.0. The molecule has 0 aliphatic rings. The fourth-order valence-corrected chi connectivity index (χ4v) is 4.23. The molecule has 12 heteroatoms. The lowest BCUT2D eigenvalue weighted by atomic mass is 10.2. The molecule has 1 N–H and O–H groups in total. The predicted octanol–water partition coefficient (Wildman–Crippen LogP) is 3.25. The number of benzene rings is 1. The lowest BCUT2D eigenvalue weighted by Gasteiger charge is -2.11. The Morgan fingerprint density at radius 1 is 1.16 bits per heavy atom. The van der Waals surface area contributed by atoms with E-state index in [1.165, 1.54) is 6.20 Å². The fourth-order valence-electron chi connectivity index (χ4n) is 3.09. The van der Waals surface area contributed by atoms with Crippen LogP contribution in [0.5, 0.6) is 0 Å². The summed E-state index contributed by atoms with van der Waals surface area (Å²) in [4.78, 5) is 8.36. The molecule has 0 aliphatic heterocycles. The van der Waals surface area contributed by atoms with E-state index in [0.29, 0.717) is 17.7 Å². The van der Waals surface area contributed by atoms with Crippen molar-refractivity contribution in [3.05, 3.63) is 66.6 Å². The normalized spacial score (nSPS) is 11.6. The summed E-state index contributed by atoms with van der Waals surface area (Å²) in [6, 6.07) is 3.78. The number of anilines is 1. The Balaban J connectivity index is 1.69. The molecule has 3 aromatic heterocycles. The minimum absolute atomic E-state index is 0.188. The summed E-state index contributed by atoms with van der Waals surface area (Å²) in [7, 11) is -3.76. The second kappa shape index (κ2) is 8.46. The number of imidazole rings is 1. The number of halogens is 2. The van der Waals surface area contributed by atoms with Crippen LogP contribution >= 0.6 is 0 Å². The average molecular weight is 459 g/mol. The molecule has 0 fully saturated rings. The summed E-state index contributed by atoms with van der Waals surface area (Å²) in [6.45, 7) is 3.54. The first-order valence-corrected chi connectivity index (χ1v) is 11.3. The third-order valence-electron chi connectivity index (χ3n) is 4.56. The summed E-state index contributed by atoms with van der Waals surface area (Å²) in [5.41, 5.74) is 1.54. The molecule has 4 rings (SSSR count). The Hall–Kier alpha value is -3.67. The SMILES string of the molecule is CCCS(=O)(=O)Nc1ccc(F)c(-n2cc(-c3cncc(-n4cnc(C)c4)c3)nn2)c1F. The van der Waals surface area contributed by atoms with Crippen LogP contribution in [0.1, 0.15) is 19.0 Å². The highest BCUT2D eigenvalue weighted by Crippen LogP contribution is 2.27. The van der Waals surface area contributed by atoms with Gasteiger partial charge in [0.25, 0.3) is 0 Å². The molecule has 4 aromatic rings. The van der Waals surface area contributed by atoms with Crippen LogP contribution in [-0.2, 0) is 10.0 Å². The van der Waals surface area contributed by atoms with Gasteiger partial charge in [0.2, 0.25) is 10.0 Å². The maximum Gasteiger partial charge on any atom is 0.232 e. The number of hydrogen-bond acceptors (Lipinski definition) is 6. The van der Waals surface area contributed by atoms with Gasteiger partial charge in [0.05, 0.1) is 41.5 Å². The van der Waals surface area contributed by atoms with Crippen molar-refractivity contribution in [3.8, 4) is 22.6 Å². The molecule has 0 bridgehead atoms. The van der Waals surface area contributed by atoms with E-state index in [9.17, 15) is 12.8 Å². The average Bonchev–Trinajstić information content (AvgIpc) is 3.40. The number of aromatic nitrogens is 6. The summed E-state index contributed by atoms with van der Waals surface area (Å²) in [5.74, 6) is -2.20. The zero-order valence-electron chi connectivity index (χ0n) is 17.2. The minimum Gasteiger partial charge on any atom is -0.304 e.